The van der Waals surface area contributed by atoms with Crippen molar-refractivity contribution in [2.75, 3.05) is 0 Å². The Morgan fingerprint density at radius 2 is 2.14 bits per heavy atom. The van der Waals surface area contributed by atoms with Crippen molar-refractivity contribution in [3.63, 3.8) is 0 Å². The average Bonchev–Trinajstić information content (AvgIpc) is 3.03. The van der Waals surface area contributed by atoms with Crippen LogP contribution in [-0.4, -0.2) is 24.2 Å². The van der Waals surface area contributed by atoms with Crippen LogP contribution in [0.5, 0.6) is 0 Å². The number of hydrogen-bond donors (Lipinski definition) is 2. The molecule has 0 fully saturated rings. The van der Waals surface area contributed by atoms with E-state index in [0.717, 1.165) is 11.3 Å². The van der Waals surface area contributed by atoms with Gasteiger partial charge < -0.3 is 5.32 Å². The normalized spacial score (nSPS) is 12.2. The van der Waals surface area contributed by atoms with Crippen LogP contribution in [0.15, 0.2) is 27.9 Å². The first-order valence-electron chi connectivity index (χ1n) is 6.66. The van der Waals surface area contributed by atoms with Gasteiger partial charge in [-0.25, -0.2) is 13.1 Å². The first-order chi connectivity index (χ1) is 9.88. The van der Waals surface area contributed by atoms with Crippen LogP contribution in [0.4, 0.5) is 0 Å². The first kappa shape index (κ1) is 16.2. The van der Waals surface area contributed by atoms with Crippen LogP contribution in [0.25, 0.3) is 0 Å². The second kappa shape index (κ2) is 6.69. The van der Waals surface area contributed by atoms with Crippen LogP contribution in [0.3, 0.4) is 0 Å². The summed E-state index contributed by atoms with van der Waals surface area (Å²) in [6.07, 6.45) is 1.64. The highest BCUT2D eigenvalue weighted by atomic mass is 32.2. The van der Waals surface area contributed by atoms with Gasteiger partial charge in [-0.1, -0.05) is 13.8 Å². The maximum absolute atomic E-state index is 12.2. The highest BCUT2D eigenvalue weighted by molar-refractivity contribution is 7.91. The van der Waals surface area contributed by atoms with Crippen molar-refractivity contribution in [2.45, 2.75) is 37.2 Å². The largest absolute Gasteiger partial charge is 0.310 e. The van der Waals surface area contributed by atoms with E-state index in [0.29, 0.717) is 16.8 Å². The molecule has 0 atom stereocenters. The Labute approximate surface area is 129 Å². The van der Waals surface area contributed by atoms with E-state index in [1.807, 2.05) is 5.38 Å². The third-order valence-electron chi connectivity index (χ3n) is 2.97. The zero-order valence-electron chi connectivity index (χ0n) is 12.3. The Kier molecular flexibility index (Phi) is 5.15. The third-order valence-corrected chi connectivity index (χ3v) is 5.86. The van der Waals surface area contributed by atoms with Gasteiger partial charge in [0.1, 0.15) is 4.21 Å². The Balaban J connectivity index is 2.01. The van der Waals surface area contributed by atoms with Gasteiger partial charge in [0.15, 0.2) is 0 Å². The lowest BCUT2D eigenvalue weighted by Crippen LogP contribution is -2.24. The second-order valence-corrected chi connectivity index (χ2v) is 7.99. The highest BCUT2D eigenvalue weighted by Gasteiger charge is 2.17. The van der Waals surface area contributed by atoms with Crippen molar-refractivity contribution in [1.29, 1.82) is 0 Å². The number of aryl methyl sites for hydroxylation is 1. The summed E-state index contributed by atoms with van der Waals surface area (Å²) in [4.78, 5) is 0. The van der Waals surface area contributed by atoms with Crippen LogP contribution in [0.1, 0.15) is 25.1 Å². The van der Waals surface area contributed by atoms with Crippen LogP contribution in [0, 0.1) is 0 Å². The summed E-state index contributed by atoms with van der Waals surface area (Å²) in [5.74, 6) is 0. The number of thiophene rings is 1. The molecule has 0 aliphatic carbocycles. The molecule has 0 aromatic carbocycles. The molecule has 0 amide bonds. The molecule has 8 heteroatoms. The molecule has 0 radical (unpaired) electrons. The van der Waals surface area contributed by atoms with E-state index >= 15 is 0 Å². The summed E-state index contributed by atoms with van der Waals surface area (Å²) < 4.78 is 29.1. The molecule has 2 N–H and O–H groups in total. The van der Waals surface area contributed by atoms with Crippen LogP contribution in [-0.2, 0) is 30.2 Å². The number of nitrogens with zero attached hydrogens (tertiary/aromatic N) is 2. The Hall–Kier alpha value is -1.22. The molecule has 0 unspecified atom stereocenters. The lowest BCUT2D eigenvalue weighted by molar-refractivity contribution is 0.578. The fraction of sp³-hybridized carbons (Fsp3) is 0.462. The Bertz CT molecular complexity index is 689. The minimum Gasteiger partial charge on any atom is -0.310 e. The summed E-state index contributed by atoms with van der Waals surface area (Å²) >= 11 is 1.24. The molecule has 2 rings (SSSR count). The van der Waals surface area contributed by atoms with Crippen LogP contribution < -0.4 is 10.0 Å². The molecule has 0 bridgehead atoms. The molecule has 2 heterocycles. The number of aromatic nitrogens is 2. The van der Waals surface area contributed by atoms with Crippen molar-refractivity contribution in [1.82, 2.24) is 19.8 Å². The van der Waals surface area contributed by atoms with E-state index in [9.17, 15) is 8.42 Å². The van der Waals surface area contributed by atoms with E-state index in [1.165, 1.54) is 11.3 Å². The molecular weight excluding hydrogens is 308 g/mol. The lowest BCUT2D eigenvalue weighted by atomic mass is 10.3. The van der Waals surface area contributed by atoms with Crippen molar-refractivity contribution in [3.05, 3.63) is 35.0 Å². The van der Waals surface area contributed by atoms with Gasteiger partial charge in [0.25, 0.3) is 0 Å². The third kappa shape index (κ3) is 4.37. The van der Waals surface area contributed by atoms with Crippen LogP contribution >= 0.6 is 11.3 Å². The van der Waals surface area contributed by atoms with Gasteiger partial charge in [0.2, 0.25) is 10.0 Å². The predicted molar refractivity (Wildman–Crippen MR) is 83.5 cm³/mol. The fourth-order valence-corrected chi connectivity index (χ4v) is 3.98. The summed E-state index contributed by atoms with van der Waals surface area (Å²) in [6.45, 7) is 5.01. The fourth-order valence-electron chi connectivity index (χ4n) is 1.72. The van der Waals surface area contributed by atoms with Gasteiger partial charge in [-0.05, 0) is 23.1 Å². The molecular formula is C13H20N4O2S2. The van der Waals surface area contributed by atoms with Gasteiger partial charge >= 0.3 is 0 Å². The van der Waals surface area contributed by atoms with Crippen molar-refractivity contribution in [3.8, 4) is 0 Å². The van der Waals surface area contributed by atoms with E-state index < -0.39 is 10.0 Å². The molecule has 0 saturated heterocycles. The van der Waals surface area contributed by atoms with Crippen LogP contribution in [0.2, 0.25) is 0 Å². The maximum atomic E-state index is 12.2. The molecule has 21 heavy (non-hydrogen) atoms. The number of nitrogens with one attached hydrogen (secondary N) is 2. The zero-order valence-corrected chi connectivity index (χ0v) is 14.0. The SMILES string of the molecule is CC(C)NCc1csc(S(=O)(=O)NCc2ccnn2C)c1. The second-order valence-electron chi connectivity index (χ2n) is 5.08. The van der Waals surface area contributed by atoms with E-state index in [4.69, 9.17) is 0 Å². The quantitative estimate of drug-likeness (QED) is 0.807. The zero-order chi connectivity index (χ0) is 15.5. The van der Waals surface area contributed by atoms with Gasteiger partial charge in [0.05, 0.1) is 12.2 Å². The molecule has 0 saturated carbocycles. The van der Waals surface area contributed by atoms with Gasteiger partial charge in [-0.2, -0.15) is 5.10 Å². The summed E-state index contributed by atoms with van der Waals surface area (Å²) in [7, 11) is -1.69. The topological polar surface area (TPSA) is 76.0 Å². The van der Waals surface area contributed by atoms with Crippen molar-refractivity contribution in [2.24, 2.45) is 7.05 Å². The number of sulfonamides is 1. The summed E-state index contributed by atoms with van der Waals surface area (Å²) in [6, 6.07) is 3.87. The minimum absolute atomic E-state index is 0.232. The monoisotopic (exact) mass is 328 g/mol. The highest BCUT2D eigenvalue weighted by Crippen LogP contribution is 2.20. The smallest absolute Gasteiger partial charge is 0.250 e. The van der Waals surface area contributed by atoms with Gasteiger partial charge in [0, 0.05) is 25.8 Å². The summed E-state index contributed by atoms with van der Waals surface area (Å²) in [5, 5.41) is 9.15. The first-order valence-corrected chi connectivity index (χ1v) is 9.02. The molecule has 2 aromatic heterocycles. The average molecular weight is 328 g/mol. The minimum atomic E-state index is -3.47. The van der Waals surface area contributed by atoms with E-state index in [-0.39, 0.29) is 6.54 Å². The Morgan fingerprint density at radius 3 is 2.76 bits per heavy atom. The lowest BCUT2D eigenvalue weighted by Gasteiger charge is -2.06. The molecule has 0 aliphatic rings. The Morgan fingerprint density at radius 1 is 1.38 bits per heavy atom. The molecule has 0 spiro atoms. The molecule has 0 aliphatic heterocycles. The standard InChI is InChI=1S/C13H20N4O2S2/c1-10(2)14-7-11-6-13(20-9-11)21(18,19)16-8-12-4-5-15-17(12)3/h4-6,9-10,14,16H,7-8H2,1-3H3. The number of rotatable bonds is 7. The van der Waals surface area contributed by atoms with E-state index in [1.54, 1.807) is 30.1 Å². The molecule has 116 valence electrons. The maximum Gasteiger partial charge on any atom is 0.250 e. The van der Waals surface area contributed by atoms with Gasteiger partial charge in [-0.15, -0.1) is 11.3 Å². The van der Waals surface area contributed by atoms with Crippen molar-refractivity contribution < 1.29 is 8.42 Å². The van der Waals surface area contributed by atoms with E-state index in [2.05, 4.69) is 29.0 Å². The summed E-state index contributed by atoms with van der Waals surface area (Å²) in [5.41, 5.74) is 1.80. The van der Waals surface area contributed by atoms with Gasteiger partial charge in [-0.3, -0.25) is 4.68 Å². The predicted octanol–water partition coefficient (Wildman–Crippen LogP) is 1.46. The number of hydrogen-bond acceptors (Lipinski definition) is 5. The molecule has 6 nitrogen and oxygen atoms in total. The molecule has 2 aromatic rings. The van der Waals surface area contributed by atoms with Crippen molar-refractivity contribution >= 4 is 21.4 Å².